The zero-order valence-electron chi connectivity index (χ0n) is 12.8. The Hall–Kier alpha value is -1.65. The molecule has 0 aliphatic rings. The zero-order valence-corrected chi connectivity index (χ0v) is 13.7. The molecule has 0 aliphatic carbocycles. The maximum atomic E-state index is 11.5. The number of carbonyl (C=O) groups excluding carboxylic acids is 2. The summed E-state index contributed by atoms with van der Waals surface area (Å²) in [6, 6.07) is 6.69. The predicted molar refractivity (Wildman–Crippen MR) is 82.0 cm³/mol. The smallest absolute Gasteiger partial charge is 0.308 e. The monoisotopic (exact) mass is 328 g/mol. The normalized spacial score (nSPS) is 13.2. The molecule has 0 aromatic heterocycles. The van der Waals surface area contributed by atoms with Gasteiger partial charge in [-0.3, -0.25) is 14.2 Å². The lowest BCUT2D eigenvalue weighted by molar-refractivity contribution is -0.145. The fourth-order valence-electron chi connectivity index (χ4n) is 1.73. The van der Waals surface area contributed by atoms with Gasteiger partial charge >= 0.3 is 11.9 Å². The molecule has 0 radical (unpaired) electrons. The van der Waals surface area contributed by atoms with E-state index in [9.17, 15) is 14.2 Å². The van der Waals surface area contributed by atoms with Crippen LogP contribution in [0.3, 0.4) is 0 Å². The fraction of sp³-hybridized carbons (Fsp3) is 0.467. The molecule has 22 heavy (non-hydrogen) atoms. The summed E-state index contributed by atoms with van der Waals surface area (Å²) >= 11 is 0. The Bertz CT molecular complexity index is 546. The SMILES string of the molecule is CC(=O)Oc1ccc(COC(=O)CCCCP(C)(=O)O)cc1. The summed E-state index contributed by atoms with van der Waals surface area (Å²) in [6.07, 6.45) is 1.50. The molecule has 1 atom stereocenters. The molecule has 0 heterocycles. The maximum absolute atomic E-state index is 11.5. The molecule has 0 saturated carbocycles. The maximum Gasteiger partial charge on any atom is 0.308 e. The Morgan fingerprint density at radius 3 is 2.36 bits per heavy atom. The van der Waals surface area contributed by atoms with E-state index in [4.69, 9.17) is 14.4 Å². The molecule has 7 heteroatoms. The molecular formula is C15H21O6P. The summed E-state index contributed by atoms with van der Waals surface area (Å²) in [5.74, 6) is -0.290. The number of hydrogen-bond acceptors (Lipinski definition) is 5. The van der Waals surface area contributed by atoms with Gasteiger partial charge in [0.05, 0.1) is 0 Å². The van der Waals surface area contributed by atoms with E-state index in [1.165, 1.54) is 13.6 Å². The van der Waals surface area contributed by atoms with Gasteiger partial charge in [0.1, 0.15) is 12.4 Å². The third kappa shape index (κ3) is 8.60. The highest BCUT2D eigenvalue weighted by molar-refractivity contribution is 7.57. The van der Waals surface area contributed by atoms with E-state index in [1.807, 2.05) is 0 Å². The molecule has 1 aromatic carbocycles. The number of unbranched alkanes of at least 4 members (excludes halogenated alkanes) is 1. The summed E-state index contributed by atoms with van der Waals surface area (Å²) in [5, 5.41) is 0. The minimum atomic E-state index is -2.99. The standard InChI is InChI=1S/C15H21O6P/c1-12(16)21-14-8-6-13(7-9-14)11-20-15(17)5-3-4-10-22(2,18)19/h6-9H,3-5,10-11H2,1-2H3,(H,18,19). The van der Waals surface area contributed by atoms with Crippen molar-refractivity contribution < 1.29 is 28.5 Å². The van der Waals surface area contributed by atoms with E-state index in [-0.39, 0.29) is 25.2 Å². The van der Waals surface area contributed by atoms with Gasteiger partial charge in [-0.1, -0.05) is 12.1 Å². The molecule has 122 valence electrons. The van der Waals surface area contributed by atoms with Crippen LogP contribution in [0, 0.1) is 0 Å². The van der Waals surface area contributed by atoms with E-state index < -0.39 is 13.3 Å². The number of ether oxygens (including phenoxy) is 2. The highest BCUT2D eigenvalue weighted by atomic mass is 31.2. The molecule has 0 fully saturated rings. The molecule has 1 N–H and O–H groups in total. The molecule has 6 nitrogen and oxygen atoms in total. The lowest BCUT2D eigenvalue weighted by atomic mass is 10.2. The van der Waals surface area contributed by atoms with Crippen molar-refractivity contribution in [2.24, 2.45) is 0 Å². The van der Waals surface area contributed by atoms with Gasteiger partial charge in [-0.2, -0.15) is 0 Å². The van der Waals surface area contributed by atoms with Crippen LogP contribution in [0.25, 0.3) is 0 Å². The van der Waals surface area contributed by atoms with E-state index in [2.05, 4.69) is 0 Å². The Balaban J connectivity index is 2.26. The Morgan fingerprint density at radius 1 is 1.18 bits per heavy atom. The van der Waals surface area contributed by atoms with Crippen molar-refractivity contribution in [3.8, 4) is 5.75 Å². The van der Waals surface area contributed by atoms with Crippen molar-refractivity contribution >= 4 is 19.3 Å². The average Bonchev–Trinajstić information content (AvgIpc) is 2.41. The van der Waals surface area contributed by atoms with Crippen molar-refractivity contribution in [1.82, 2.24) is 0 Å². The van der Waals surface area contributed by atoms with Gasteiger partial charge in [0, 0.05) is 26.2 Å². The third-order valence-corrected chi connectivity index (χ3v) is 3.93. The van der Waals surface area contributed by atoms with Gasteiger partial charge in [-0.15, -0.1) is 0 Å². The second-order valence-corrected chi connectivity index (χ2v) is 7.68. The summed E-state index contributed by atoms with van der Waals surface area (Å²) in [7, 11) is -2.99. The number of rotatable bonds is 8. The Morgan fingerprint density at radius 2 is 1.82 bits per heavy atom. The number of benzene rings is 1. The van der Waals surface area contributed by atoms with Crippen molar-refractivity contribution in [2.45, 2.75) is 32.8 Å². The Labute approximate surface area is 129 Å². The summed E-state index contributed by atoms with van der Waals surface area (Å²) in [4.78, 5) is 31.4. The lowest BCUT2D eigenvalue weighted by Crippen LogP contribution is -2.05. The average molecular weight is 328 g/mol. The Kier molecular flexibility index (Phi) is 7.28. The first-order chi connectivity index (χ1) is 10.3. The van der Waals surface area contributed by atoms with E-state index in [1.54, 1.807) is 24.3 Å². The molecule has 0 spiro atoms. The first kappa shape index (κ1) is 18.4. The van der Waals surface area contributed by atoms with Crippen molar-refractivity contribution in [3.05, 3.63) is 29.8 Å². The second kappa shape index (κ2) is 8.71. The number of carbonyl (C=O) groups is 2. The molecule has 1 unspecified atom stereocenters. The summed E-state index contributed by atoms with van der Waals surface area (Å²) in [5.41, 5.74) is 0.790. The minimum Gasteiger partial charge on any atom is -0.461 e. The van der Waals surface area contributed by atoms with Gasteiger partial charge in [0.2, 0.25) is 0 Å². The predicted octanol–water partition coefficient (Wildman–Crippen LogP) is 2.73. The van der Waals surface area contributed by atoms with Crippen LogP contribution in [0.5, 0.6) is 5.75 Å². The van der Waals surface area contributed by atoms with Crippen molar-refractivity contribution in [2.75, 3.05) is 12.8 Å². The first-order valence-electron chi connectivity index (χ1n) is 6.98. The topological polar surface area (TPSA) is 89.9 Å². The molecule has 0 saturated heterocycles. The summed E-state index contributed by atoms with van der Waals surface area (Å²) in [6.45, 7) is 2.78. The van der Waals surface area contributed by atoms with Crippen molar-refractivity contribution in [3.63, 3.8) is 0 Å². The second-order valence-electron chi connectivity index (χ2n) is 5.13. The van der Waals surface area contributed by atoms with Crippen LogP contribution < -0.4 is 4.74 Å². The van der Waals surface area contributed by atoms with Gasteiger partial charge in [-0.25, -0.2) is 0 Å². The van der Waals surface area contributed by atoms with Crippen LogP contribution in [-0.4, -0.2) is 29.7 Å². The van der Waals surface area contributed by atoms with Gasteiger partial charge in [0.15, 0.2) is 7.37 Å². The van der Waals surface area contributed by atoms with Crippen molar-refractivity contribution in [1.29, 1.82) is 0 Å². The molecule has 0 bridgehead atoms. The first-order valence-corrected chi connectivity index (χ1v) is 9.28. The van der Waals surface area contributed by atoms with E-state index >= 15 is 0 Å². The fourth-order valence-corrected chi connectivity index (χ4v) is 2.54. The van der Waals surface area contributed by atoms with Crippen LogP contribution in [0.4, 0.5) is 0 Å². The largest absolute Gasteiger partial charge is 0.461 e. The molecule has 0 amide bonds. The summed E-state index contributed by atoms with van der Waals surface area (Å²) < 4.78 is 21.1. The lowest BCUT2D eigenvalue weighted by Gasteiger charge is -2.07. The van der Waals surface area contributed by atoms with Crippen LogP contribution in [-0.2, 0) is 25.5 Å². The highest BCUT2D eigenvalue weighted by Crippen LogP contribution is 2.36. The molecule has 1 aromatic rings. The third-order valence-electron chi connectivity index (χ3n) is 2.79. The number of hydrogen-bond donors (Lipinski definition) is 1. The van der Waals surface area contributed by atoms with Gasteiger partial charge < -0.3 is 14.4 Å². The van der Waals surface area contributed by atoms with Crippen LogP contribution >= 0.6 is 7.37 Å². The van der Waals surface area contributed by atoms with E-state index in [0.29, 0.717) is 18.6 Å². The molecule has 1 rings (SSSR count). The van der Waals surface area contributed by atoms with Crippen LogP contribution in [0.1, 0.15) is 31.7 Å². The number of esters is 2. The van der Waals surface area contributed by atoms with E-state index in [0.717, 1.165) is 5.56 Å². The van der Waals surface area contributed by atoms with Crippen LogP contribution in [0.15, 0.2) is 24.3 Å². The minimum absolute atomic E-state index is 0.144. The van der Waals surface area contributed by atoms with Crippen LogP contribution in [0.2, 0.25) is 0 Å². The zero-order chi connectivity index (χ0) is 16.6. The highest BCUT2D eigenvalue weighted by Gasteiger charge is 2.10. The quantitative estimate of drug-likeness (QED) is 0.341. The van der Waals surface area contributed by atoms with Gasteiger partial charge in [-0.05, 0) is 30.5 Å². The van der Waals surface area contributed by atoms with Gasteiger partial charge in [0.25, 0.3) is 0 Å². The molecular weight excluding hydrogens is 307 g/mol. The molecule has 0 aliphatic heterocycles.